The summed E-state index contributed by atoms with van der Waals surface area (Å²) in [5.41, 5.74) is 3.55. The van der Waals surface area contributed by atoms with Crippen molar-refractivity contribution in [3.8, 4) is 11.5 Å². The van der Waals surface area contributed by atoms with Gasteiger partial charge in [-0.15, -0.1) is 0 Å². The van der Waals surface area contributed by atoms with Crippen LogP contribution < -0.4 is 5.43 Å². The molecular formula is C14H14N2O3. The average molecular weight is 258 g/mol. The number of phenols is 2. The summed E-state index contributed by atoms with van der Waals surface area (Å²) in [6.45, 7) is 0. The second-order valence-electron chi connectivity index (χ2n) is 4.88. The van der Waals surface area contributed by atoms with E-state index in [9.17, 15) is 9.90 Å². The van der Waals surface area contributed by atoms with Gasteiger partial charge in [-0.05, 0) is 30.9 Å². The Balaban J connectivity index is 1.67. The van der Waals surface area contributed by atoms with Crippen molar-refractivity contribution in [2.75, 3.05) is 0 Å². The number of carbonyl (C=O) groups is 1. The van der Waals surface area contributed by atoms with Gasteiger partial charge in [0.15, 0.2) is 0 Å². The molecule has 1 aromatic carbocycles. The molecule has 0 aromatic heterocycles. The Kier molecular flexibility index (Phi) is 2.74. The zero-order valence-electron chi connectivity index (χ0n) is 10.2. The second kappa shape index (κ2) is 4.42. The maximum Gasteiger partial charge on any atom is 0.275 e. The molecule has 0 heterocycles. The molecule has 1 amide bonds. The predicted molar refractivity (Wildman–Crippen MR) is 70.0 cm³/mol. The molecule has 1 fully saturated rings. The lowest BCUT2D eigenvalue weighted by molar-refractivity contribution is 0.0951. The van der Waals surface area contributed by atoms with Crippen LogP contribution in [0.3, 0.4) is 0 Å². The highest BCUT2D eigenvalue weighted by atomic mass is 16.3. The minimum Gasteiger partial charge on any atom is -0.508 e. The van der Waals surface area contributed by atoms with Gasteiger partial charge in [-0.3, -0.25) is 4.79 Å². The van der Waals surface area contributed by atoms with Crippen molar-refractivity contribution < 1.29 is 15.0 Å². The van der Waals surface area contributed by atoms with Crippen molar-refractivity contribution in [3.63, 3.8) is 0 Å². The van der Waals surface area contributed by atoms with E-state index in [1.807, 2.05) is 0 Å². The molecule has 1 saturated carbocycles. The van der Waals surface area contributed by atoms with E-state index in [0.717, 1.165) is 24.6 Å². The highest BCUT2D eigenvalue weighted by molar-refractivity contribution is 5.99. The quantitative estimate of drug-likeness (QED) is 0.558. The van der Waals surface area contributed by atoms with Gasteiger partial charge in [0, 0.05) is 17.7 Å². The molecule has 2 atom stereocenters. The monoisotopic (exact) mass is 258 g/mol. The van der Waals surface area contributed by atoms with Gasteiger partial charge in [0.05, 0.1) is 5.56 Å². The van der Waals surface area contributed by atoms with Crippen LogP contribution >= 0.6 is 0 Å². The Hall–Kier alpha value is -2.30. The van der Waals surface area contributed by atoms with E-state index in [0.29, 0.717) is 11.8 Å². The van der Waals surface area contributed by atoms with Crippen LogP contribution in [0.25, 0.3) is 0 Å². The SMILES string of the molecule is O=C(N/N=C1/C[C@H]2C=CC[C@@H]12)c1ccc(O)cc1O. The van der Waals surface area contributed by atoms with Crippen LogP contribution in [0.5, 0.6) is 11.5 Å². The van der Waals surface area contributed by atoms with Gasteiger partial charge in [0.2, 0.25) is 0 Å². The number of nitrogens with zero attached hydrogens (tertiary/aromatic N) is 1. The van der Waals surface area contributed by atoms with Gasteiger partial charge in [0.1, 0.15) is 11.5 Å². The number of carbonyl (C=O) groups excluding carboxylic acids is 1. The zero-order chi connectivity index (χ0) is 13.4. The third kappa shape index (κ3) is 2.07. The standard InChI is InChI=1S/C14H14N2O3/c17-9-4-5-11(13(18)7-9)14(19)16-15-12-6-8-2-1-3-10(8)12/h1-2,4-5,7-8,10,17-18H,3,6H2,(H,16,19)/b15-12-/t8-,10-/m1/s1. The second-order valence-corrected chi connectivity index (χ2v) is 4.88. The van der Waals surface area contributed by atoms with Gasteiger partial charge >= 0.3 is 0 Å². The van der Waals surface area contributed by atoms with Crippen molar-refractivity contribution in [2.45, 2.75) is 12.8 Å². The van der Waals surface area contributed by atoms with E-state index in [2.05, 4.69) is 22.7 Å². The van der Waals surface area contributed by atoms with Gasteiger partial charge in [0.25, 0.3) is 5.91 Å². The molecule has 0 spiro atoms. The minimum atomic E-state index is -0.473. The molecule has 19 heavy (non-hydrogen) atoms. The highest BCUT2D eigenvalue weighted by Crippen LogP contribution is 2.40. The molecule has 0 aliphatic heterocycles. The number of aromatic hydroxyl groups is 2. The number of phenolic OH excluding ortho intramolecular Hbond substituents is 2. The number of allylic oxidation sites excluding steroid dienone is 2. The Bertz CT molecular complexity index is 592. The molecule has 3 N–H and O–H groups in total. The van der Waals surface area contributed by atoms with E-state index in [-0.39, 0.29) is 17.1 Å². The third-order valence-corrected chi connectivity index (χ3v) is 3.69. The molecule has 2 aliphatic rings. The first-order valence-electron chi connectivity index (χ1n) is 6.20. The number of nitrogens with one attached hydrogen (secondary N) is 1. The molecule has 3 rings (SSSR count). The Morgan fingerprint density at radius 1 is 1.37 bits per heavy atom. The van der Waals surface area contributed by atoms with Gasteiger partial charge in [-0.1, -0.05) is 12.2 Å². The van der Waals surface area contributed by atoms with Crippen LogP contribution in [0.4, 0.5) is 0 Å². The third-order valence-electron chi connectivity index (χ3n) is 3.69. The summed E-state index contributed by atoms with van der Waals surface area (Å²) in [4.78, 5) is 11.8. The summed E-state index contributed by atoms with van der Waals surface area (Å²) >= 11 is 0. The summed E-state index contributed by atoms with van der Waals surface area (Å²) in [7, 11) is 0. The lowest BCUT2D eigenvalue weighted by Crippen LogP contribution is -2.35. The largest absolute Gasteiger partial charge is 0.508 e. The van der Waals surface area contributed by atoms with Gasteiger partial charge in [-0.2, -0.15) is 5.10 Å². The molecule has 0 saturated heterocycles. The number of hydrazone groups is 1. The van der Waals surface area contributed by atoms with E-state index < -0.39 is 5.91 Å². The smallest absolute Gasteiger partial charge is 0.275 e. The fourth-order valence-electron chi connectivity index (χ4n) is 2.56. The molecule has 98 valence electrons. The molecule has 0 unspecified atom stereocenters. The maximum atomic E-state index is 11.8. The first-order valence-corrected chi connectivity index (χ1v) is 6.20. The van der Waals surface area contributed by atoms with E-state index >= 15 is 0 Å². The molecule has 2 aliphatic carbocycles. The summed E-state index contributed by atoms with van der Waals surface area (Å²) in [6, 6.07) is 3.84. The fraction of sp³-hybridized carbons (Fsp3) is 0.286. The number of amides is 1. The summed E-state index contributed by atoms with van der Waals surface area (Å²) < 4.78 is 0. The Morgan fingerprint density at radius 3 is 2.95 bits per heavy atom. The molecular weight excluding hydrogens is 244 g/mol. The van der Waals surface area contributed by atoms with Crippen molar-refractivity contribution in [2.24, 2.45) is 16.9 Å². The van der Waals surface area contributed by atoms with Crippen molar-refractivity contribution >= 4 is 11.6 Å². The van der Waals surface area contributed by atoms with Crippen LogP contribution in [0.1, 0.15) is 23.2 Å². The number of hydrogen-bond donors (Lipinski definition) is 3. The van der Waals surface area contributed by atoms with Crippen LogP contribution in [0.2, 0.25) is 0 Å². The molecule has 0 radical (unpaired) electrons. The van der Waals surface area contributed by atoms with Gasteiger partial charge < -0.3 is 10.2 Å². The molecule has 5 nitrogen and oxygen atoms in total. The average Bonchev–Trinajstić information content (AvgIpc) is 2.71. The Morgan fingerprint density at radius 2 is 2.21 bits per heavy atom. The van der Waals surface area contributed by atoms with Crippen molar-refractivity contribution in [1.82, 2.24) is 5.43 Å². The van der Waals surface area contributed by atoms with Crippen molar-refractivity contribution in [1.29, 1.82) is 0 Å². The molecule has 0 bridgehead atoms. The predicted octanol–water partition coefficient (Wildman–Crippen LogP) is 1.78. The van der Waals surface area contributed by atoms with E-state index in [4.69, 9.17) is 5.11 Å². The topological polar surface area (TPSA) is 81.9 Å². The fourth-order valence-corrected chi connectivity index (χ4v) is 2.56. The number of fused-ring (bicyclic) bond motifs is 1. The zero-order valence-corrected chi connectivity index (χ0v) is 10.2. The first-order chi connectivity index (χ1) is 9.15. The highest BCUT2D eigenvalue weighted by Gasteiger charge is 2.38. The number of rotatable bonds is 2. The van der Waals surface area contributed by atoms with Crippen LogP contribution in [-0.2, 0) is 0 Å². The minimum absolute atomic E-state index is 0.0840. The maximum absolute atomic E-state index is 11.8. The Labute approximate surface area is 110 Å². The van der Waals surface area contributed by atoms with Gasteiger partial charge in [-0.25, -0.2) is 5.43 Å². The summed E-state index contributed by atoms with van der Waals surface area (Å²) in [5.74, 6) is 0.205. The van der Waals surface area contributed by atoms with Crippen molar-refractivity contribution in [3.05, 3.63) is 35.9 Å². The van der Waals surface area contributed by atoms with E-state index in [1.165, 1.54) is 12.1 Å². The lowest BCUT2D eigenvalue weighted by atomic mass is 9.74. The summed E-state index contributed by atoms with van der Waals surface area (Å²) in [5, 5.41) is 22.8. The van der Waals surface area contributed by atoms with Crippen LogP contribution in [0, 0.1) is 11.8 Å². The molecule has 1 aromatic rings. The normalized spacial score (nSPS) is 26.0. The number of benzene rings is 1. The van der Waals surface area contributed by atoms with Crippen LogP contribution in [0.15, 0.2) is 35.5 Å². The van der Waals surface area contributed by atoms with Crippen LogP contribution in [-0.4, -0.2) is 21.8 Å². The van der Waals surface area contributed by atoms with E-state index in [1.54, 1.807) is 0 Å². The summed E-state index contributed by atoms with van der Waals surface area (Å²) in [6.07, 6.45) is 6.22. The lowest BCUT2D eigenvalue weighted by Gasteiger charge is -2.31. The number of hydrogen-bond acceptors (Lipinski definition) is 4. The first kappa shape index (κ1) is 11.8. The molecule has 5 heteroatoms.